The van der Waals surface area contributed by atoms with Crippen molar-refractivity contribution in [2.45, 2.75) is 24.2 Å². The number of nitrogens with zero attached hydrogens (tertiary/aromatic N) is 5. The zero-order valence-electron chi connectivity index (χ0n) is 25.8. The molecule has 45 heavy (non-hydrogen) atoms. The first-order valence-electron chi connectivity index (χ1n) is 15.0. The summed E-state index contributed by atoms with van der Waals surface area (Å²) in [4.78, 5) is 9.53. The lowest BCUT2D eigenvalue weighted by atomic mass is 9.91. The molecule has 1 aliphatic heterocycles. The van der Waals surface area contributed by atoms with Crippen molar-refractivity contribution in [2.24, 2.45) is 0 Å². The molecule has 1 aromatic heterocycles. The molecule has 1 saturated heterocycles. The number of aryl methyl sites for hydroxylation is 1. The van der Waals surface area contributed by atoms with Crippen molar-refractivity contribution in [3.8, 4) is 11.1 Å². The predicted molar refractivity (Wildman–Crippen MR) is 185 cm³/mol. The molecule has 10 heteroatoms. The fraction of sp³-hybridized carbons (Fsp3) is 0.257. The van der Waals surface area contributed by atoms with Crippen LogP contribution >= 0.6 is 11.5 Å². The Labute approximate surface area is 270 Å². The fourth-order valence-electron chi connectivity index (χ4n) is 5.58. The molecule has 5 aromatic rings. The number of piperazine rings is 1. The van der Waals surface area contributed by atoms with Gasteiger partial charge in [-0.05, 0) is 72.0 Å². The van der Waals surface area contributed by atoms with Gasteiger partial charge in [0.1, 0.15) is 0 Å². The Balaban J connectivity index is 1.15. The maximum atomic E-state index is 13.5. The summed E-state index contributed by atoms with van der Waals surface area (Å²) in [5.41, 5.74) is 13.4. The van der Waals surface area contributed by atoms with Crippen molar-refractivity contribution in [1.29, 1.82) is 0 Å². The van der Waals surface area contributed by atoms with E-state index < -0.39 is 10.0 Å². The van der Waals surface area contributed by atoms with Gasteiger partial charge in [-0.2, -0.15) is 8.68 Å². The van der Waals surface area contributed by atoms with Gasteiger partial charge in [-0.1, -0.05) is 66.2 Å². The summed E-state index contributed by atoms with van der Waals surface area (Å²) in [6.07, 6.45) is 0.753. The van der Waals surface area contributed by atoms with Gasteiger partial charge in [0.25, 0.3) is 0 Å². The first kappa shape index (κ1) is 30.8. The Hall–Kier alpha value is -4.25. The van der Waals surface area contributed by atoms with Gasteiger partial charge in [-0.3, -0.25) is 0 Å². The maximum Gasteiger partial charge on any atom is 0.243 e. The lowest BCUT2D eigenvalue weighted by molar-refractivity contribution is 0.384. The second kappa shape index (κ2) is 13.0. The van der Waals surface area contributed by atoms with E-state index in [1.54, 1.807) is 16.4 Å². The summed E-state index contributed by atoms with van der Waals surface area (Å²) in [7, 11) is 0.464. The van der Waals surface area contributed by atoms with Crippen LogP contribution in [-0.4, -0.2) is 62.4 Å². The molecule has 1 fully saturated rings. The normalized spacial score (nSPS) is 14.8. The van der Waals surface area contributed by atoms with Crippen molar-refractivity contribution in [2.75, 3.05) is 55.8 Å². The van der Waals surface area contributed by atoms with E-state index in [2.05, 4.69) is 58.3 Å². The highest BCUT2D eigenvalue weighted by atomic mass is 32.2. The van der Waals surface area contributed by atoms with Crippen molar-refractivity contribution < 1.29 is 8.42 Å². The van der Waals surface area contributed by atoms with Gasteiger partial charge in [-0.25, -0.2) is 13.4 Å². The number of anilines is 3. The van der Waals surface area contributed by atoms with Gasteiger partial charge in [0.2, 0.25) is 15.2 Å². The highest BCUT2D eigenvalue weighted by Gasteiger charge is 2.30. The molecule has 1 atom stereocenters. The second-order valence-electron chi connectivity index (χ2n) is 11.7. The van der Waals surface area contributed by atoms with Gasteiger partial charge >= 0.3 is 0 Å². The number of hydrogen-bond acceptors (Lipinski definition) is 8. The van der Waals surface area contributed by atoms with E-state index in [1.165, 1.54) is 22.7 Å². The Morgan fingerprint density at radius 1 is 0.822 bits per heavy atom. The number of rotatable bonds is 9. The number of sulfonamides is 1. The van der Waals surface area contributed by atoms with E-state index in [4.69, 9.17) is 15.1 Å². The lowest BCUT2D eigenvalue weighted by Gasteiger charge is -2.33. The maximum absolute atomic E-state index is 13.5. The van der Waals surface area contributed by atoms with Crippen LogP contribution in [0.2, 0.25) is 0 Å². The first-order chi connectivity index (χ1) is 21.7. The number of aromatic nitrogens is 2. The molecule has 1 unspecified atom stereocenters. The monoisotopic (exact) mass is 638 g/mol. The van der Waals surface area contributed by atoms with E-state index in [9.17, 15) is 8.42 Å². The van der Waals surface area contributed by atoms with Crippen LogP contribution in [0.4, 0.5) is 16.5 Å². The molecule has 8 nitrogen and oxygen atoms in total. The average Bonchev–Trinajstić information content (AvgIpc) is 3.55. The van der Waals surface area contributed by atoms with Crippen LogP contribution in [0.5, 0.6) is 0 Å². The van der Waals surface area contributed by atoms with Gasteiger partial charge < -0.3 is 15.5 Å². The number of benzene rings is 4. The zero-order valence-corrected chi connectivity index (χ0v) is 27.4. The Morgan fingerprint density at radius 3 is 2.02 bits per heavy atom. The van der Waals surface area contributed by atoms with Crippen LogP contribution < -0.4 is 15.5 Å². The van der Waals surface area contributed by atoms with Crippen molar-refractivity contribution in [1.82, 2.24) is 13.7 Å². The quantitative estimate of drug-likeness (QED) is 0.197. The third-order valence-corrected chi connectivity index (χ3v) is 11.1. The van der Waals surface area contributed by atoms with Gasteiger partial charge in [0.05, 0.1) is 4.90 Å². The Morgan fingerprint density at radius 2 is 1.42 bits per heavy atom. The summed E-state index contributed by atoms with van der Waals surface area (Å²) in [5.74, 6) is 0.727. The SMILES string of the molecule is Cc1ccc(-c2ccc(S(=O)(=O)N3CCN(c4nc(C(Cc5ccc(N(C)C)cc5)c5ccc(N)cc5)ns4)CC3)cc2)cc1. The minimum Gasteiger partial charge on any atom is -0.399 e. The zero-order chi connectivity index (χ0) is 31.6. The standard InChI is InChI=1S/C35H38N6O2S2/c1-25-4-8-27(9-5-25)28-12-18-32(19-13-28)45(42,43)41-22-20-40(21-23-41)35-37-34(38-44-35)33(29-10-14-30(36)15-11-29)24-26-6-16-31(17-7-26)39(2)3/h4-19,33H,20-24,36H2,1-3H3. The first-order valence-corrected chi connectivity index (χ1v) is 17.3. The van der Waals surface area contributed by atoms with Crippen LogP contribution in [0, 0.1) is 6.92 Å². The molecule has 4 aromatic carbocycles. The fourth-order valence-corrected chi connectivity index (χ4v) is 7.78. The molecule has 6 rings (SSSR count). The van der Waals surface area contributed by atoms with Gasteiger partial charge in [0.15, 0.2) is 5.82 Å². The summed E-state index contributed by atoms with van der Waals surface area (Å²) in [5, 5.41) is 0.813. The van der Waals surface area contributed by atoms with Crippen LogP contribution in [0.3, 0.4) is 0 Å². The molecule has 232 valence electrons. The number of nitrogens with two attached hydrogens (primary N) is 1. The van der Waals surface area contributed by atoms with Crippen molar-refractivity contribution in [3.63, 3.8) is 0 Å². The molecular formula is C35H38N6O2S2. The summed E-state index contributed by atoms with van der Waals surface area (Å²) in [6, 6.07) is 31.9. The van der Waals surface area contributed by atoms with Crippen LogP contribution in [0.1, 0.15) is 28.4 Å². The smallest absolute Gasteiger partial charge is 0.243 e. The molecule has 2 heterocycles. The van der Waals surface area contributed by atoms with E-state index in [-0.39, 0.29) is 5.92 Å². The molecule has 0 radical (unpaired) electrons. The molecule has 0 bridgehead atoms. The minimum absolute atomic E-state index is 0.0367. The largest absolute Gasteiger partial charge is 0.399 e. The molecule has 0 spiro atoms. The van der Waals surface area contributed by atoms with E-state index in [1.807, 2.05) is 57.4 Å². The Bertz CT molecular complexity index is 1830. The third kappa shape index (κ3) is 6.88. The second-order valence-corrected chi connectivity index (χ2v) is 14.4. The van der Waals surface area contributed by atoms with Crippen LogP contribution in [0.15, 0.2) is 102 Å². The lowest BCUT2D eigenvalue weighted by Crippen LogP contribution is -2.48. The van der Waals surface area contributed by atoms with Gasteiger partial charge in [0, 0.05) is 69.1 Å². The minimum atomic E-state index is -3.60. The molecule has 2 N–H and O–H groups in total. The number of nitrogen functional groups attached to an aromatic ring is 1. The number of hydrogen-bond donors (Lipinski definition) is 1. The molecule has 0 aliphatic carbocycles. The van der Waals surface area contributed by atoms with Gasteiger partial charge in [-0.15, -0.1) is 0 Å². The van der Waals surface area contributed by atoms with Crippen LogP contribution in [0.25, 0.3) is 11.1 Å². The van der Waals surface area contributed by atoms with Crippen LogP contribution in [-0.2, 0) is 16.4 Å². The van der Waals surface area contributed by atoms with E-state index in [0.29, 0.717) is 31.1 Å². The Kier molecular flexibility index (Phi) is 8.89. The van der Waals surface area contributed by atoms with E-state index >= 15 is 0 Å². The predicted octanol–water partition coefficient (Wildman–Crippen LogP) is 6.05. The molecule has 1 aliphatic rings. The summed E-state index contributed by atoms with van der Waals surface area (Å²) < 4.78 is 33.4. The average molecular weight is 639 g/mol. The highest BCUT2D eigenvalue weighted by Crippen LogP contribution is 2.32. The molecule has 0 amide bonds. The topological polar surface area (TPSA) is 95.7 Å². The highest BCUT2D eigenvalue weighted by molar-refractivity contribution is 7.89. The summed E-state index contributed by atoms with van der Waals surface area (Å²) in [6.45, 7) is 3.92. The molecular weight excluding hydrogens is 601 g/mol. The molecule has 0 saturated carbocycles. The van der Waals surface area contributed by atoms with Crippen molar-refractivity contribution in [3.05, 3.63) is 120 Å². The van der Waals surface area contributed by atoms with E-state index in [0.717, 1.165) is 45.4 Å². The summed E-state index contributed by atoms with van der Waals surface area (Å²) >= 11 is 1.37. The third-order valence-electron chi connectivity index (χ3n) is 8.36. The van der Waals surface area contributed by atoms with Crippen molar-refractivity contribution >= 4 is 38.1 Å².